The molecule has 2 nitrogen and oxygen atoms in total. The van der Waals surface area contributed by atoms with Crippen LogP contribution < -0.4 is 4.74 Å². The number of rotatable bonds is 8. The Hall–Kier alpha value is -1.28. The zero-order valence-electron chi connectivity index (χ0n) is 13.2. The van der Waals surface area contributed by atoms with E-state index in [-0.39, 0.29) is 6.10 Å². The molecule has 1 aromatic rings. The normalized spacial score (nSPS) is 13.1. The summed E-state index contributed by atoms with van der Waals surface area (Å²) in [5.41, 5.74) is 2.48. The van der Waals surface area contributed by atoms with Gasteiger partial charge in [0, 0.05) is 5.56 Å². The molecule has 0 unspecified atom stereocenters. The average molecular weight is 276 g/mol. The molecule has 1 N–H and O–H groups in total. The molecule has 0 heterocycles. The van der Waals surface area contributed by atoms with Gasteiger partial charge in [-0.3, -0.25) is 0 Å². The molecule has 1 aromatic carbocycles. The zero-order valence-corrected chi connectivity index (χ0v) is 13.2. The molecule has 0 spiro atoms. The van der Waals surface area contributed by atoms with E-state index in [2.05, 4.69) is 38.1 Å². The van der Waals surface area contributed by atoms with Crippen molar-refractivity contribution in [3.63, 3.8) is 0 Å². The van der Waals surface area contributed by atoms with E-state index in [1.54, 1.807) is 7.11 Å². The Morgan fingerprint density at radius 1 is 1.20 bits per heavy atom. The number of hydrogen-bond donors (Lipinski definition) is 1. The molecule has 1 rings (SSSR count). The summed E-state index contributed by atoms with van der Waals surface area (Å²) in [6.45, 7) is 6.24. The molecule has 0 aliphatic rings. The van der Waals surface area contributed by atoms with Crippen LogP contribution in [0, 0.1) is 0 Å². The maximum Gasteiger partial charge on any atom is 0.126 e. The number of methoxy groups -OCH3 is 1. The SMILES string of the molecule is COc1ccc(C(C)C)cc1/C=C/CCCC[C@H](C)O. The first-order chi connectivity index (χ1) is 9.54. The predicted octanol–water partition coefficient (Wildman–Crippen LogP) is 4.77. The van der Waals surface area contributed by atoms with Crippen LogP contribution in [0.3, 0.4) is 0 Å². The molecule has 0 amide bonds. The molecular formula is C18H28O2. The van der Waals surface area contributed by atoms with E-state index in [0.717, 1.165) is 37.0 Å². The molecule has 2 heteroatoms. The highest BCUT2D eigenvalue weighted by molar-refractivity contribution is 5.58. The highest BCUT2D eigenvalue weighted by Crippen LogP contribution is 2.25. The summed E-state index contributed by atoms with van der Waals surface area (Å²) < 4.78 is 5.41. The number of allylic oxidation sites excluding steroid dienone is 1. The Morgan fingerprint density at radius 3 is 2.55 bits per heavy atom. The Morgan fingerprint density at radius 2 is 1.95 bits per heavy atom. The maximum absolute atomic E-state index is 9.20. The summed E-state index contributed by atoms with van der Waals surface area (Å²) in [6, 6.07) is 6.38. The summed E-state index contributed by atoms with van der Waals surface area (Å²) in [4.78, 5) is 0. The fourth-order valence-electron chi connectivity index (χ4n) is 2.15. The van der Waals surface area contributed by atoms with Gasteiger partial charge >= 0.3 is 0 Å². The standard InChI is InChI=1S/C18H28O2/c1-14(2)16-11-12-18(20-4)17(13-16)10-8-6-5-7-9-15(3)19/h8,10-15,19H,5-7,9H2,1-4H3/b10-8+/t15-/m0/s1. The van der Waals surface area contributed by atoms with Gasteiger partial charge in [-0.1, -0.05) is 38.5 Å². The first-order valence-corrected chi connectivity index (χ1v) is 7.57. The molecule has 0 aliphatic heterocycles. The smallest absolute Gasteiger partial charge is 0.126 e. The van der Waals surface area contributed by atoms with Gasteiger partial charge in [0.05, 0.1) is 13.2 Å². The molecule has 1 atom stereocenters. The van der Waals surface area contributed by atoms with Crippen molar-refractivity contribution in [3.05, 3.63) is 35.4 Å². The number of unbranched alkanes of at least 4 members (excludes halogenated alkanes) is 2. The summed E-state index contributed by atoms with van der Waals surface area (Å²) in [6.07, 6.45) is 8.29. The van der Waals surface area contributed by atoms with Crippen LogP contribution in [0.4, 0.5) is 0 Å². The van der Waals surface area contributed by atoms with Gasteiger partial charge in [0.15, 0.2) is 0 Å². The lowest BCUT2D eigenvalue weighted by atomic mass is 10.00. The van der Waals surface area contributed by atoms with E-state index < -0.39 is 0 Å². The van der Waals surface area contributed by atoms with Crippen molar-refractivity contribution in [1.29, 1.82) is 0 Å². The van der Waals surface area contributed by atoms with Crippen LogP contribution in [0.25, 0.3) is 6.08 Å². The molecule has 0 bridgehead atoms. The maximum atomic E-state index is 9.20. The lowest BCUT2D eigenvalue weighted by Crippen LogP contribution is -1.97. The highest BCUT2D eigenvalue weighted by Gasteiger charge is 2.04. The van der Waals surface area contributed by atoms with E-state index in [9.17, 15) is 5.11 Å². The molecule has 0 fully saturated rings. The predicted molar refractivity (Wildman–Crippen MR) is 86.3 cm³/mol. The summed E-state index contributed by atoms with van der Waals surface area (Å²) in [5.74, 6) is 1.45. The Bertz CT molecular complexity index is 419. The van der Waals surface area contributed by atoms with Gasteiger partial charge in [-0.2, -0.15) is 0 Å². The molecule has 112 valence electrons. The van der Waals surface area contributed by atoms with Gasteiger partial charge < -0.3 is 9.84 Å². The van der Waals surface area contributed by atoms with Crippen LogP contribution >= 0.6 is 0 Å². The van der Waals surface area contributed by atoms with Crippen LogP contribution in [0.1, 0.15) is 63.5 Å². The van der Waals surface area contributed by atoms with Crippen LogP contribution in [0.15, 0.2) is 24.3 Å². The molecule has 0 saturated carbocycles. The summed E-state index contributed by atoms with van der Waals surface area (Å²) >= 11 is 0. The summed E-state index contributed by atoms with van der Waals surface area (Å²) in [5, 5.41) is 9.20. The third-order valence-corrected chi connectivity index (χ3v) is 3.46. The van der Waals surface area contributed by atoms with E-state index in [1.807, 2.05) is 13.0 Å². The Balaban J connectivity index is 2.58. The van der Waals surface area contributed by atoms with E-state index >= 15 is 0 Å². The molecule has 0 aromatic heterocycles. The Kier molecular flexibility index (Phi) is 7.38. The van der Waals surface area contributed by atoms with Crippen molar-refractivity contribution >= 4 is 6.08 Å². The second-order valence-corrected chi connectivity index (χ2v) is 5.69. The lowest BCUT2D eigenvalue weighted by Gasteiger charge is -2.10. The van der Waals surface area contributed by atoms with Gasteiger partial charge in [-0.15, -0.1) is 0 Å². The van der Waals surface area contributed by atoms with Crippen LogP contribution in [0.5, 0.6) is 5.75 Å². The third-order valence-electron chi connectivity index (χ3n) is 3.46. The summed E-state index contributed by atoms with van der Waals surface area (Å²) in [7, 11) is 1.71. The van der Waals surface area contributed by atoms with Crippen molar-refractivity contribution in [1.82, 2.24) is 0 Å². The molecule has 0 radical (unpaired) electrons. The van der Waals surface area contributed by atoms with Gasteiger partial charge in [0.1, 0.15) is 5.75 Å². The quantitative estimate of drug-likeness (QED) is 0.693. The number of hydrogen-bond acceptors (Lipinski definition) is 2. The molecule has 0 aliphatic carbocycles. The number of aliphatic hydroxyl groups excluding tert-OH is 1. The second kappa shape index (κ2) is 8.80. The van der Waals surface area contributed by atoms with Crippen molar-refractivity contribution < 1.29 is 9.84 Å². The van der Waals surface area contributed by atoms with Crippen LogP contribution in [-0.2, 0) is 0 Å². The molecule has 0 saturated heterocycles. The van der Waals surface area contributed by atoms with Crippen molar-refractivity contribution in [2.45, 2.75) is 58.5 Å². The second-order valence-electron chi connectivity index (χ2n) is 5.69. The fraction of sp³-hybridized carbons (Fsp3) is 0.556. The molecule has 20 heavy (non-hydrogen) atoms. The number of benzene rings is 1. The number of aliphatic hydroxyl groups is 1. The van der Waals surface area contributed by atoms with Crippen molar-refractivity contribution in [2.75, 3.05) is 7.11 Å². The fourth-order valence-corrected chi connectivity index (χ4v) is 2.15. The van der Waals surface area contributed by atoms with Gasteiger partial charge in [0.25, 0.3) is 0 Å². The first-order valence-electron chi connectivity index (χ1n) is 7.57. The van der Waals surface area contributed by atoms with Crippen molar-refractivity contribution in [2.24, 2.45) is 0 Å². The number of ether oxygens (including phenoxy) is 1. The van der Waals surface area contributed by atoms with Crippen LogP contribution in [0.2, 0.25) is 0 Å². The van der Waals surface area contributed by atoms with Gasteiger partial charge in [-0.25, -0.2) is 0 Å². The van der Waals surface area contributed by atoms with Gasteiger partial charge in [-0.05, 0) is 49.8 Å². The monoisotopic (exact) mass is 276 g/mol. The minimum absolute atomic E-state index is 0.179. The largest absolute Gasteiger partial charge is 0.496 e. The van der Waals surface area contributed by atoms with Gasteiger partial charge in [0.2, 0.25) is 0 Å². The minimum atomic E-state index is -0.179. The first kappa shape index (κ1) is 16.8. The van der Waals surface area contributed by atoms with E-state index in [0.29, 0.717) is 5.92 Å². The van der Waals surface area contributed by atoms with E-state index in [4.69, 9.17) is 4.74 Å². The average Bonchev–Trinajstić information content (AvgIpc) is 2.42. The van der Waals surface area contributed by atoms with Crippen LogP contribution in [-0.4, -0.2) is 18.3 Å². The third kappa shape index (κ3) is 5.79. The highest BCUT2D eigenvalue weighted by atomic mass is 16.5. The topological polar surface area (TPSA) is 29.5 Å². The molecular weight excluding hydrogens is 248 g/mol. The van der Waals surface area contributed by atoms with Crippen molar-refractivity contribution in [3.8, 4) is 5.75 Å². The van der Waals surface area contributed by atoms with E-state index in [1.165, 1.54) is 5.56 Å². The zero-order chi connectivity index (χ0) is 15.0. The minimum Gasteiger partial charge on any atom is -0.496 e. The lowest BCUT2D eigenvalue weighted by molar-refractivity contribution is 0.181. The Labute approximate surface area is 123 Å².